The lowest BCUT2D eigenvalue weighted by atomic mass is 10.0. The first-order valence-electron chi connectivity index (χ1n) is 5.97. The molecule has 0 bridgehead atoms. The molecule has 0 heterocycles. The Bertz CT molecular complexity index is 414. The van der Waals surface area contributed by atoms with Crippen LogP contribution in [0.3, 0.4) is 0 Å². The zero-order valence-electron chi connectivity index (χ0n) is 9.71. The van der Waals surface area contributed by atoms with Crippen molar-refractivity contribution in [2.75, 3.05) is 0 Å². The van der Waals surface area contributed by atoms with Crippen LogP contribution < -0.4 is 5.73 Å². The molecule has 4 heteroatoms. The maximum atomic E-state index is 13.1. The zero-order valence-corrected chi connectivity index (χ0v) is 10.5. The van der Waals surface area contributed by atoms with Gasteiger partial charge in [-0.25, -0.2) is 4.39 Å². The Hall–Kier alpha value is -1.03. The van der Waals surface area contributed by atoms with Crippen molar-refractivity contribution in [1.29, 1.82) is 5.41 Å². The summed E-state index contributed by atoms with van der Waals surface area (Å²) in [5.74, 6) is -0.383. The van der Waals surface area contributed by atoms with E-state index >= 15 is 0 Å². The highest BCUT2D eigenvalue weighted by molar-refractivity contribution is 8.00. The lowest BCUT2D eigenvalue weighted by molar-refractivity contribution is 0.516. The van der Waals surface area contributed by atoms with Crippen molar-refractivity contribution >= 4 is 17.6 Å². The fourth-order valence-corrected chi connectivity index (χ4v) is 3.55. The van der Waals surface area contributed by atoms with Crippen molar-refractivity contribution < 1.29 is 4.39 Å². The summed E-state index contributed by atoms with van der Waals surface area (Å²) in [6, 6.07) is 4.54. The van der Waals surface area contributed by atoms with Crippen LogP contribution in [0.15, 0.2) is 23.1 Å². The molecule has 0 atom stereocenters. The van der Waals surface area contributed by atoms with Gasteiger partial charge in [-0.05, 0) is 31.0 Å². The minimum Gasteiger partial charge on any atom is -0.384 e. The third kappa shape index (κ3) is 3.22. The van der Waals surface area contributed by atoms with E-state index in [1.807, 2.05) is 0 Å². The highest BCUT2D eigenvalue weighted by atomic mass is 32.2. The molecular weight excluding hydrogens is 235 g/mol. The van der Waals surface area contributed by atoms with Gasteiger partial charge in [-0.2, -0.15) is 0 Å². The molecule has 1 aliphatic carbocycles. The number of benzene rings is 1. The van der Waals surface area contributed by atoms with Gasteiger partial charge in [-0.3, -0.25) is 5.41 Å². The minimum absolute atomic E-state index is 0.0530. The van der Waals surface area contributed by atoms with Crippen LogP contribution in [-0.2, 0) is 0 Å². The second kappa shape index (κ2) is 5.54. The minimum atomic E-state index is -0.330. The molecule has 0 aromatic heterocycles. The summed E-state index contributed by atoms with van der Waals surface area (Å²) in [6.07, 6.45) is 6.28. The van der Waals surface area contributed by atoms with Crippen molar-refractivity contribution in [3.05, 3.63) is 29.6 Å². The molecular formula is C13H17FN2S. The van der Waals surface area contributed by atoms with Gasteiger partial charge in [-0.15, -0.1) is 11.8 Å². The number of amidine groups is 1. The van der Waals surface area contributed by atoms with E-state index in [0.29, 0.717) is 10.8 Å². The molecule has 1 aromatic carbocycles. The van der Waals surface area contributed by atoms with E-state index in [0.717, 1.165) is 4.90 Å². The van der Waals surface area contributed by atoms with Crippen molar-refractivity contribution in [2.24, 2.45) is 5.73 Å². The molecule has 0 saturated heterocycles. The molecule has 1 aliphatic rings. The summed E-state index contributed by atoms with van der Waals surface area (Å²) in [5, 5.41) is 8.08. The van der Waals surface area contributed by atoms with Gasteiger partial charge in [0.2, 0.25) is 0 Å². The van der Waals surface area contributed by atoms with Crippen LogP contribution in [0.1, 0.15) is 37.7 Å². The Balaban J connectivity index is 2.16. The van der Waals surface area contributed by atoms with Gasteiger partial charge >= 0.3 is 0 Å². The van der Waals surface area contributed by atoms with Gasteiger partial charge in [0, 0.05) is 15.7 Å². The summed E-state index contributed by atoms with van der Waals surface area (Å²) >= 11 is 1.74. The van der Waals surface area contributed by atoms with Gasteiger partial charge in [0.1, 0.15) is 11.7 Å². The Morgan fingerprint density at radius 1 is 1.29 bits per heavy atom. The van der Waals surface area contributed by atoms with E-state index in [1.54, 1.807) is 17.8 Å². The van der Waals surface area contributed by atoms with Crippen molar-refractivity contribution in [1.82, 2.24) is 0 Å². The summed E-state index contributed by atoms with van der Waals surface area (Å²) in [7, 11) is 0. The van der Waals surface area contributed by atoms with Crippen LogP contribution in [0.4, 0.5) is 4.39 Å². The number of nitrogen functional groups attached to an aromatic ring is 1. The number of halogens is 1. The molecule has 1 saturated carbocycles. The molecule has 2 rings (SSSR count). The maximum Gasteiger partial charge on any atom is 0.124 e. The second-order valence-corrected chi connectivity index (χ2v) is 5.77. The van der Waals surface area contributed by atoms with Gasteiger partial charge in [-0.1, -0.05) is 19.3 Å². The normalized spacial score (nSPS) is 17.0. The average Bonchev–Trinajstić information content (AvgIpc) is 2.32. The van der Waals surface area contributed by atoms with Gasteiger partial charge < -0.3 is 5.73 Å². The summed E-state index contributed by atoms with van der Waals surface area (Å²) in [5.41, 5.74) is 6.02. The first-order chi connectivity index (χ1) is 8.16. The van der Waals surface area contributed by atoms with Crippen molar-refractivity contribution in [3.63, 3.8) is 0 Å². The van der Waals surface area contributed by atoms with Crippen LogP contribution >= 0.6 is 11.8 Å². The van der Waals surface area contributed by atoms with E-state index in [4.69, 9.17) is 11.1 Å². The van der Waals surface area contributed by atoms with Crippen molar-refractivity contribution in [2.45, 2.75) is 42.2 Å². The van der Waals surface area contributed by atoms with E-state index in [-0.39, 0.29) is 11.7 Å². The molecule has 1 aromatic rings. The number of nitrogens with two attached hydrogens (primary N) is 1. The lowest BCUT2D eigenvalue weighted by Gasteiger charge is -2.22. The molecule has 0 amide bonds. The predicted molar refractivity (Wildman–Crippen MR) is 70.1 cm³/mol. The van der Waals surface area contributed by atoms with E-state index < -0.39 is 0 Å². The van der Waals surface area contributed by atoms with Crippen molar-refractivity contribution in [3.8, 4) is 0 Å². The molecule has 0 spiro atoms. The predicted octanol–water partition coefficient (Wildman–Crippen LogP) is 3.53. The number of hydrogen-bond donors (Lipinski definition) is 2. The fourth-order valence-electron chi connectivity index (χ4n) is 2.18. The Morgan fingerprint density at radius 3 is 2.65 bits per heavy atom. The quantitative estimate of drug-likeness (QED) is 0.638. The average molecular weight is 252 g/mol. The maximum absolute atomic E-state index is 13.1. The second-order valence-electron chi connectivity index (χ2n) is 4.43. The summed E-state index contributed by atoms with van der Waals surface area (Å²) < 4.78 is 13.1. The molecule has 92 valence electrons. The highest BCUT2D eigenvalue weighted by Crippen LogP contribution is 2.35. The number of rotatable bonds is 3. The monoisotopic (exact) mass is 252 g/mol. The number of hydrogen-bond acceptors (Lipinski definition) is 2. The van der Waals surface area contributed by atoms with E-state index in [1.165, 1.54) is 44.2 Å². The Labute approximate surface area is 105 Å². The lowest BCUT2D eigenvalue weighted by Crippen LogP contribution is -2.14. The van der Waals surface area contributed by atoms with E-state index in [2.05, 4.69) is 0 Å². The first-order valence-corrected chi connectivity index (χ1v) is 6.85. The molecule has 17 heavy (non-hydrogen) atoms. The topological polar surface area (TPSA) is 49.9 Å². The fraction of sp³-hybridized carbons (Fsp3) is 0.462. The Morgan fingerprint density at radius 2 is 2.00 bits per heavy atom. The largest absolute Gasteiger partial charge is 0.384 e. The van der Waals surface area contributed by atoms with Gasteiger partial charge in [0.05, 0.1) is 0 Å². The molecule has 0 aliphatic heterocycles. The first kappa shape index (κ1) is 12.4. The molecule has 0 unspecified atom stereocenters. The number of nitrogens with one attached hydrogen (secondary N) is 1. The third-order valence-electron chi connectivity index (χ3n) is 3.08. The summed E-state index contributed by atoms with van der Waals surface area (Å²) in [4.78, 5) is 0.936. The van der Waals surface area contributed by atoms with Gasteiger partial charge in [0.15, 0.2) is 0 Å². The van der Waals surface area contributed by atoms with Crippen LogP contribution in [0.2, 0.25) is 0 Å². The molecule has 0 radical (unpaired) electrons. The highest BCUT2D eigenvalue weighted by Gasteiger charge is 2.17. The summed E-state index contributed by atoms with van der Waals surface area (Å²) in [6.45, 7) is 0. The zero-order chi connectivity index (χ0) is 12.3. The smallest absolute Gasteiger partial charge is 0.124 e. The number of thioether (sulfide) groups is 1. The third-order valence-corrected chi connectivity index (χ3v) is 4.49. The van der Waals surface area contributed by atoms with Crippen LogP contribution in [0.5, 0.6) is 0 Å². The standard InChI is InChI=1S/C13H17FN2S/c14-9-6-7-12(11(8-9)13(15)16)17-10-4-2-1-3-5-10/h6-8,10H,1-5H2,(H3,15,16). The van der Waals surface area contributed by atoms with Crippen LogP contribution in [-0.4, -0.2) is 11.1 Å². The Kier molecular flexibility index (Phi) is 4.05. The molecule has 2 nitrogen and oxygen atoms in total. The SMILES string of the molecule is N=C(N)c1cc(F)ccc1SC1CCCCC1. The van der Waals surface area contributed by atoms with E-state index in [9.17, 15) is 4.39 Å². The van der Waals surface area contributed by atoms with Crippen LogP contribution in [0.25, 0.3) is 0 Å². The van der Waals surface area contributed by atoms with Crippen LogP contribution in [0, 0.1) is 11.2 Å². The van der Waals surface area contributed by atoms with Gasteiger partial charge in [0.25, 0.3) is 0 Å². The molecule has 3 N–H and O–H groups in total. The molecule has 1 fully saturated rings.